The van der Waals surface area contributed by atoms with E-state index < -0.39 is 0 Å². The summed E-state index contributed by atoms with van der Waals surface area (Å²) in [4.78, 5) is 0. The minimum absolute atomic E-state index is 0. The highest BCUT2D eigenvalue weighted by Gasteiger charge is 1.57. The first-order valence-electron chi connectivity index (χ1n) is 1.52. The Labute approximate surface area is 49.1 Å². The zero-order valence-electron chi connectivity index (χ0n) is 3.27. The van der Waals surface area contributed by atoms with Crippen LogP contribution in [0, 0.1) is 0 Å². The first-order valence-corrected chi connectivity index (χ1v) is 2.16. The van der Waals surface area contributed by atoms with Crippen LogP contribution < -0.4 is 0 Å². The molecule has 0 spiro atoms. The fourth-order valence-corrected chi connectivity index (χ4v) is 0. The van der Waals surface area contributed by atoms with E-state index in [1.165, 1.54) is 6.42 Å². The third-order valence-electron chi connectivity index (χ3n) is 0.224. The van der Waals surface area contributed by atoms with Crippen molar-refractivity contribution in [2.75, 3.05) is 5.75 Å². The highest BCUT2D eigenvalue weighted by molar-refractivity contribution is 8.93. The molecule has 34 valence electrons. The lowest BCUT2D eigenvalue weighted by Gasteiger charge is -1.67. The summed E-state index contributed by atoms with van der Waals surface area (Å²) in [5.74, 6) is 1.01. The largest absolute Gasteiger partial charge is 0.179 e. The maximum atomic E-state index is 3.92. The maximum Gasteiger partial charge on any atom is -0.0101 e. The Morgan fingerprint density at radius 1 is 1.60 bits per heavy atom. The van der Waals surface area contributed by atoms with Crippen molar-refractivity contribution in [2.24, 2.45) is 0 Å². The molecule has 0 amide bonds. The van der Waals surface area contributed by atoms with Crippen LogP contribution in [0.25, 0.3) is 0 Å². The summed E-state index contributed by atoms with van der Waals surface area (Å²) in [6, 6.07) is 0. The van der Waals surface area contributed by atoms with Crippen LogP contribution in [0.1, 0.15) is 13.3 Å². The molecule has 0 aromatic rings. The standard InChI is InChI=1S/C3H8S.BrH/c1-2-3-4;/h4H,2-3H2,1H3;1H. The quantitative estimate of drug-likeness (QED) is 0.552. The first-order chi connectivity index (χ1) is 1.91. The lowest BCUT2D eigenvalue weighted by Crippen LogP contribution is -1.56. The summed E-state index contributed by atoms with van der Waals surface area (Å²) in [6.45, 7) is 2.10. The van der Waals surface area contributed by atoms with Crippen LogP contribution in [0.5, 0.6) is 0 Å². The molecule has 5 heavy (non-hydrogen) atoms. The maximum absolute atomic E-state index is 3.92. The van der Waals surface area contributed by atoms with E-state index in [2.05, 4.69) is 19.6 Å². The molecule has 0 N–H and O–H groups in total. The average molecular weight is 157 g/mol. The van der Waals surface area contributed by atoms with Gasteiger partial charge < -0.3 is 0 Å². The molecule has 0 aliphatic carbocycles. The Morgan fingerprint density at radius 2 is 1.80 bits per heavy atom. The Balaban J connectivity index is 0. The van der Waals surface area contributed by atoms with Gasteiger partial charge in [0.15, 0.2) is 0 Å². The highest BCUT2D eigenvalue weighted by atomic mass is 79.9. The van der Waals surface area contributed by atoms with Gasteiger partial charge >= 0.3 is 0 Å². The molecule has 0 aromatic heterocycles. The van der Waals surface area contributed by atoms with Crippen molar-refractivity contribution in [3.63, 3.8) is 0 Å². The average Bonchev–Trinajstić information content (AvgIpc) is 1.37. The summed E-state index contributed by atoms with van der Waals surface area (Å²) >= 11 is 3.92. The predicted molar refractivity (Wildman–Crippen MR) is 34.5 cm³/mol. The third kappa shape index (κ3) is 11.6. The van der Waals surface area contributed by atoms with Crippen LogP contribution >= 0.6 is 29.6 Å². The van der Waals surface area contributed by atoms with Crippen LogP contribution in [-0.2, 0) is 0 Å². The Morgan fingerprint density at radius 3 is 1.80 bits per heavy atom. The van der Waals surface area contributed by atoms with E-state index in [0.29, 0.717) is 0 Å². The van der Waals surface area contributed by atoms with E-state index in [1.54, 1.807) is 0 Å². The van der Waals surface area contributed by atoms with E-state index in [0.717, 1.165) is 5.75 Å². The fourth-order valence-electron chi connectivity index (χ4n) is 0. The second-order valence-electron chi connectivity index (χ2n) is 0.724. The monoisotopic (exact) mass is 156 g/mol. The summed E-state index contributed by atoms with van der Waals surface area (Å²) in [7, 11) is 0. The molecular formula is C3H9BrS. The van der Waals surface area contributed by atoms with Gasteiger partial charge in [-0.15, -0.1) is 17.0 Å². The lowest BCUT2D eigenvalue weighted by atomic mass is 10.6. The van der Waals surface area contributed by atoms with Crippen molar-refractivity contribution in [2.45, 2.75) is 13.3 Å². The van der Waals surface area contributed by atoms with Gasteiger partial charge in [-0.2, -0.15) is 12.6 Å². The van der Waals surface area contributed by atoms with Crippen LogP contribution in [0.3, 0.4) is 0 Å². The molecule has 0 atom stereocenters. The van der Waals surface area contributed by atoms with E-state index in [1.807, 2.05) is 0 Å². The van der Waals surface area contributed by atoms with Crippen molar-refractivity contribution >= 4 is 29.6 Å². The second-order valence-corrected chi connectivity index (χ2v) is 1.17. The van der Waals surface area contributed by atoms with Crippen molar-refractivity contribution in [3.05, 3.63) is 0 Å². The van der Waals surface area contributed by atoms with Gasteiger partial charge in [-0.05, 0) is 12.2 Å². The van der Waals surface area contributed by atoms with E-state index in [4.69, 9.17) is 0 Å². The van der Waals surface area contributed by atoms with E-state index in [9.17, 15) is 0 Å². The van der Waals surface area contributed by atoms with Gasteiger partial charge in [0.1, 0.15) is 0 Å². The van der Waals surface area contributed by atoms with Gasteiger partial charge in [-0.3, -0.25) is 0 Å². The van der Waals surface area contributed by atoms with Crippen LogP contribution in [0.15, 0.2) is 0 Å². The minimum Gasteiger partial charge on any atom is -0.179 e. The summed E-state index contributed by atoms with van der Waals surface area (Å²) in [5.41, 5.74) is 0. The number of hydrogen-bond donors (Lipinski definition) is 1. The van der Waals surface area contributed by atoms with Crippen molar-refractivity contribution < 1.29 is 0 Å². The predicted octanol–water partition coefficient (Wildman–Crippen LogP) is 1.90. The summed E-state index contributed by atoms with van der Waals surface area (Å²) in [5, 5.41) is 0. The highest BCUT2D eigenvalue weighted by Crippen LogP contribution is 1.74. The number of halogens is 1. The van der Waals surface area contributed by atoms with Crippen LogP contribution in [0.4, 0.5) is 0 Å². The molecule has 0 saturated heterocycles. The molecule has 0 bridgehead atoms. The SMILES string of the molecule is Br.CCCS. The molecule has 0 fully saturated rings. The zero-order chi connectivity index (χ0) is 3.41. The molecule has 0 radical (unpaired) electrons. The molecule has 0 aliphatic rings. The van der Waals surface area contributed by atoms with Crippen LogP contribution in [0.2, 0.25) is 0 Å². The molecule has 0 unspecified atom stereocenters. The van der Waals surface area contributed by atoms with E-state index >= 15 is 0 Å². The minimum atomic E-state index is 0. The first kappa shape index (κ1) is 9.27. The third-order valence-corrected chi connectivity index (χ3v) is 0.671. The van der Waals surface area contributed by atoms with Gasteiger partial charge in [0.05, 0.1) is 0 Å². The lowest BCUT2D eigenvalue weighted by molar-refractivity contribution is 1.11. The molecule has 0 heterocycles. The molecule has 0 aliphatic heterocycles. The van der Waals surface area contributed by atoms with Crippen molar-refractivity contribution in [3.8, 4) is 0 Å². The van der Waals surface area contributed by atoms with E-state index in [-0.39, 0.29) is 17.0 Å². The molecule has 0 rings (SSSR count). The molecule has 0 nitrogen and oxygen atoms in total. The topological polar surface area (TPSA) is 0 Å². The summed E-state index contributed by atoms with van der Waals surface area (Å²) in [6.07, 6.45) is 1.18. The van der Waals surface area contributed by atoms with Gasteiger partial charge in [-0.1, -0.05) is 6.92 Å². The normalized spacial score (nSPS) is 6.00. The Bertz CT molecular complexity index is 8.85. The van der Waals surface area contributed by atoms with Crippen LogP contribution in [-0.4, -0.2) is 5.75 Å². The zero-order valence-corrected chi connectivity index (χ0v) is 5.88. The molecule has 0 aromatic carbocycles. The molecular weight excluding hydrogens is 148 g/mol. The number of hydrogen-bond acceptors (Lipinski definition) is 1. The van der Waals surface area contributed by atoms with Crippen molar-refractivity contribution in [1.29, 1.82) is 0 Å². The smallest absolute Gasteiger partial charge is 0.0101 e. The Kier molecular flexibility index (Phi) is 16.4. The fraction of sp³-hybridized carbons (Fsp3) is 1.00. The van der Waals surface area contributed by atoms with Gasteiger partial charge in [0, 0.05) is 0 Å². The van der Waals surface area contributed by atoms with Gasteiger partial charge in [-0.25, -0.2) is 0 Å². The second kappa shape index (κ2) is 8.85. The summed E-state index contributed by atoms with van der Waals surface area (Å²) < 4.78 is 0. The molecule has 0 saturated carbocycles. The van der Waals surface area contributed by atoms with Gasteiger partial charge in [0.25, 0.3) is 0 Å². The molecule has 2 heteroatoms. The Hall–Kier alpha value is 0.830. The number of thiol groups is 1. The number of rotatable bonds is 1. The van der Waals surface area contributed by atoms with Gasteiger partial charge in [0.2, 0.25) is 0 Å². The van der Waals surface area contributed by atoms with Crippen molar-refractivity contribution in [1.82, 2.24) is 0 Å².